The van der Waals surface area contributed by atoms with Gasteiger partial charge in [0.15, 0.2) is 5.58 Å². The first-order valence-corrected chi connectivity index (χ1v) is 9.23. The number of nitrogens with zero attached hydrogens (tertiary/aromatic N) is 2. The van der Waals surface area contributed by atoms with Crippen LogP contribution >= 0.6 is 0 Å². The fraction of sp³-hybridized carbons (Fsp3) is 0.333. The number of fused-ring (bicyclic) bond motifs is 1. The molecule has 0 unspecified atom stereocenters. The van der Waals surface area contributed by atoms with Crippen molar-refractivity contribution < 1.29 is 18.7 Å². The van der Waals surface area contributed by atoms with E-state index in [2.05, 4.69) is 0 Å². The summed E-state index contributed by atoms with van der Waals surface area (Å²) in [5.41, 5.74) is 1.82. The maximum absolute atomic E-state index is 12.9. The summed E-state index contributed by atoms with van der Waals surface area (Å²) in [7, 11) is 3.15. The average Bonchev–Trinajstić information content (AvgIpc) is 3.08. The van der Waals surface area contributed by atoms with Crippen molar-refractivity contribution in [2.45, 2.75) is 18.9 Å². The van der Waals surface area contributed by atoms with Gasteiger partial charge in [0, 0.05) is 25.2 Å². The van der Waals surface area contributed by atoms with Gasteiger partial charge in [0.1, 0.15) is 11.5 Å². The zero-order chi connectivity index (χ0) is 19.7. The molecule has 0 aliphatic carbocycles. The van der Waals surface area contributed by atoms with Crippen LogP contribution in [0.4, 0.5) is 0 Å². The number of aromatic nitrogens is 1. The number of para-hydroxylation sites is 1. The Morgan fingerprint density at radius 2 is 1.82 bits per heavy atom. The molecule has 0 bridgehead atoms. The topological polar surface area (TPSA) is 73.9 Å². The van der Waals surface area contributed by atoms with Gasteiger partial charge in [0.25, 0.3) is 5.91 Å². The summed E-state index contributed by atoms with van der Waals surface area (Å²) in [6.45, 7) is 1.12. The van der Waals surface area contributed by atoms with Crippen LogP contribution in [0.2, 0.25) is 0 Å². The Bertz CT molecular complexity index is 1060. The molecule has 1 fully saturated rings. The Hall–Kier alpha value is -3.22. The van der Waals surface area contributed by atoms with Gasteiger partial charge >= 0.3 is 5.76 Å². The molecule has 0 saturated carbocycles. The van der Waals surface area contributed by atoms with Gasteiger partial charge in [-0.05, 0) is 37.1 Å². The van der Waals surface area contributed by atoms with Crippen LogP contribution in [0.1, 0.15) is 29.2 Å². The lowest BCUT2D eigenvalue weighted by molar-refractivity contribution is 0.0690. The maximum Gasteiger partial charge on any atom is 0.420 e. The van der Waals surface area contributed by atoms with E-state index in [9.17, 15) is 9.59 Å². The van der Waals surface area contributed by atoms with Crippen LogP contribution in [0.25, 0.3) is 11.1 Å². The van der Waals surface area contributed by atoms with E-state index in [4.69, 9.17) is 13.9 Å². The number of hydrogen-bond acceptors (Lipinski definition) is 5. The van der Waals surface area contributed by atoms with Crippen LogP contribution < -0.4 is 15.2 Å². The molecule has 0 atom stereocenters. The number of piperidine rings is 1. The van der Waals surface area contributed by atoms with Crippen molar-refractivity contribution in [1.82, 2.24) is 9.47 Å². The number of amides is 1. The van der Waals surface area contributed by atoms with Crippen molar-refractivity contribution in [1.29, 1.82) is 0 Å². The van der Waals surface area contributed by atoms with Crippen molar-refractivity contribution in [2.75, 3.05) is 27.3 Å². The highest BCUT2D eigenvalue weighted by Crippen LogP contribution is 2.29. The lowest BCUT2D eigenvalue weighted by atomic mass is 10.0. The number of rotatable bonds is 4. The third kappa shape index (κ3) is 3.13. The molecule has 1 amide bonds. The highest BCUT2D eigenvalue weighted by atomic mass is 16.5. The smallest absolute Gasteiger partial charge is 0.420 e. The number of benzene rings is 2. The van der Waals surface area contributed by atoms with E-state index in [0.717, 1.165) is 5.52 Å². The molecule has 1 aliphatic rings. The minimum atomic E-state index is -0.377. The number of ether oxygens (including phenoxy) is 2. The Morgan fingerprint density at radius 1 is 1.07 bits per heavy atom. The molecular weight excluding hydrogens is 360 g/mol. The summed E-state index contributed by atoms with van der Waals surface area (Å²) in [4.78, 5) is 27.1. The third-order valence-electron chi connectivity index (χ3n) is 5.27. The quantitative estimate of drug-likeness (QED) is 0.693. The van der Waals surface area contributed by atoms with Gasteiger partial charge in [-0.15, -0.1) is 0 Å². The maximum atomic E-state index is 12.9. The minimum Gasteiger partial charge on any atom is -0.497 e. The number of methoxy groups -OCH3 is 2. The molecule has 0 spiro atoms. The van der Waals surface area contributed by atoms with Crippen molar-refractivity contribution in [3.63, 3.8) is 0 Å². The summed E-state index contributed by atoms with van der Waals surface area (Å²) in [5.74, 6) is 0.810. The van der Waals surface area contributed by atoms with Crippen molar-refractivity contribution >= 4 is 17.0 Å². The molecule has 7 nitrogen and oxygen atoms in total. The SMILES string of the molecule is COc1ccc2oc(=O)n(C3CCN(C(=O)c4ccccc4OC)CC3)c2c1. The molecule has 2 heterocycles. The first kappa shape index (κ1) is 18.2. The van der Waals surface area contributed by atoms with Crippen LogP contribution in [-0.2, 0) is 0 Å². The monoisotopic (exact) mass is 382 g/mol. The number of carbonyl (C=O) groups excluding carboxylic acids is 1. The Kier molecular flexibility index (Phi) is 4.81. The number of carbonyl (C=O) groups is 1. The fourth-order valence-corrected chi connectivity index (χ4v) is 3.80. The van der Waals surface area contributed by atoms with Gasteiger partial charge in [-0.1, -0.05) is 12.1 Å². The van der Waals surface area contributed by atoms with Crippen molar-refractivity contribution in [3.8, 4) is 11.5 Å². The standard InChI is InChI=1S/C21H22N2O5/c1-26-15-7-8-19-17(13-15)23(21(25)28-19)14-9-11-22(12-10-14)20(24)16-5-3-4-6-18(16)27-2/h3-8,13-14H,9-12H2,1-2H3. The van der Waals surface area contributed by atoms with E-state index in [-0.39, 0.29) is 17.7 Å². The number of hydrogen-bond donors (Lipinski definition) is 0. The van der Waals surface area contributed by atoms with Crippen molar-refractivity contribution in [2.24, 2.45) is 0 Å². The first-order valence-electron chi connectivity index (χ1n) is 9.23. The minimum absolute atomic E-state index is 0.0254. The molecule has 1 aliphatic heterocycles. The van der Waals surface area contributed by atoms with E-state index in [1.807, 2.05) is 23.1 Å². The average molecular weight is 382 g/mol. The van der Waals surface area contributed by atoms with E-state index in [1.165, 1.54) is 0 Å². The van der Waals surface area contributed by atoms with Crippen LogP contribution in [0.15, 0.2) is 51.7 Å². The highest BCUT2D eigenvalue weighted by molar-refractivity contribution is 5.97. The molecule has 7 heteroatoms. The van der Waals surface area contributed by atoms with Gasteiger partial charge in [0.05, 0.1) is 25.3 Å². The Labute approximate surface area is 162 Å². The number of oxazole rings is 1. The second-order valence-corrected chi connectivity index (χ2v) is 6.80. The van der Waals surface area contributed by atoms with E-state index in [0.29, 0.717) is 48.6 Å². The molecule has 0 radical (unpaired) electrons. The molecular formula is C21H22N2O5. The van der Waals surface area contributed by atoms with Crippen LogP contribution in [0.3, 0.4) is 0 Å². The molecule has 146 valence electrons. The largest absolute Gasteiger partial charge is 0.497 e. The zero-order valence-corrected chi connectivity index (χ0v) is 15.9. The zero-order valence-electron chi connectivity index (χ0n) is 15.9. The molecule has 1 aromatic heterocycles. The predicted octanol–water partition coefficient (Wildman–Crippen LogP) is 3.09. The second kappa shape index (κ2) is 7.42. The summed E-state index contributed by atoms with van der Waals surface area (Å²) < 4.78 is 17.6. The molecule has 3 aromatic rings. The first-order chi connectivity index (χ1) is 13.6. The Balaban J connectivity index is 1.55. The van der Waals surface area contributed by atoms with Crippen LogP contribution in [0.5, 0.6) is 11.5 Å². The second-order valence-electron chi connectivity index (χ2n) is 6.80. The van der Waals surface area contributed by atoms with E-state index < -0.39 is 0 Å². The number of likely N-dealkylation sites (tertiary alicyclic amines) is 1. The van der Waals surface area contributed by atoms with Gasteiger partial charge < -0.3 is 18.8 Å². The fourth-order valence-electron chi connectivity index (χ4n) is 3.80. The molecule has 1 saturated heterocycles. The van der Waals surface area contributed by atoms with Crippen LogP contribution in [-0.4, -0.2) is 42.7 Å². The highest BCUT2D eigenvalue weighted by Gasteiger charge is 2.28. The third-order valence-corrected chi connectivity index (χ3v) is 5.27. The lowest BCUT2D eigenvalue weighted by Gasteiger charge is -2.32. The summed E-state index contributed by atoms with van der Waals surface area (Å²) in [5, 5.41) is 0. The molecule has 4 rings (SSSR count). The van der Waals surface area contributed by atoms with E-state index in [1.54, 1.807) is 43.1 Å². The van der Waals surface area contributed by atoms with Gasteiger partial charge in [0.2, 0.25) is 0 Å². The lowest BCUT2D eigenvalue weighted by Crippen LogP contribution is -2.40. The molecule has 2 aromatic carbocycles. The molecule has 0 N–H and O–H groups in total. The van der Waals surface area contributed by atoms with Gasteiger partial charge in [-0.25, -0.2) is 4.79 Å². The summed E-state index contributed by atoms with van der Waals surface area (Å²) in [6, 6.07) is 12.5. The van der Waals surface area contributed by atoms with Gasteiger partial charge in [-0.3, -0.25) is 9.36 Å². The van der Waals surface area contributed by atoms with E-state index >= 15 is 0 Å². The predicted molar refractivity (Wildman–Crippen MR) is 104 cm³/mol. The van der Waals surface area contributed by atoms with Gasteiger partial charge in [-0.2, -0.15) is 0 Å². The summed E-state index contributed by atoms with van der Waals surface area (Å²) in [6.07, 6.45) is 1.35. The van der Waals surface area contributed by atoms with Crippen LogP contribution in [0, 0.1) is 0 Å². The molecule has 28 heavy (non-hydrogen) atoms. The van der Waals surface area contributed by atoms with Crippen molar-refractivity contribution in [3.05, 3.63) is 58.6 Å². The normalized spacial score (nSPS) is 15.0. The Morgan fingerprint density at radius 3 is 2.54 bits per heavy atom. The summed E-state index contributed by atoms with van der Waals surface area (Å²) >= 11 is 0.